The Balaban J connectivity index is 1.22. The van der Waals surface area contributed by atoms with Gasteiger partial charge in [0.25, 0.3) is 0 Å². The summed E-state index contributed by atoms with van der Waals surface area (Å²) < 4.78 is 0. The second-order valence-corrected chi connectivity index (χ2v) is 15.5. The number of benzene rings is 9. The lowest BCUT2D eigenvalue weighted by molar-refractivity contribution is 0.660. The molecule has 3 nitrogen and oxygen atoms in total. The Labute approximate surface area is 332 Å². The van der Waals surface area contributed by atoms with Crippen molar-refractivity contribution in [2.75, 3.05) is 0 Å². The molecule has 268 valence electrons. The van der Waals surface area contributed by atoms with Gasteiger partial charge in [0.2, 0.25) is 0 Å². The van der Waals surface area contributed by atoms with Crippen LogP contribution < -0.4 is 0 Å². The monoisotopic (exact) mass is 727 g/mol. The van der Waals surface area contributed by atoms with Crippen LogP contribution in [-0.2, 0) is 5.41 Å². The van der Waals surface area contributed by atoms with Crippen LogP contribution >= 0.6 is 0 Å². The van der Waals surface area contributed by atoms with E-state index in [0.29, 0.717) is 17.5 Å². The van der Waals surface area contributed by atoms with Crippen molar-refractivity contribution in [2.24, 2.45) is 0 Å². The largest absolute Gasteiger partial charge is 0.208 e. The van der Waals surface area contributed by atoms with Crippen molar-refractivity contribution in [3.8, 4) is 67.5 Å². The van der Waals surface area contributed by atoms with Crippen molar-refractivity contribution >= 4 is 32.3 Å². The second kappa shape index (κ2) is 12.9. The topological polar surface area (TPSA) is 38.7 Å². The summed E-state index contributed by atoms with van der Waals surface area (Å²) in [6.45, 7) is 4.63. The van der Waals surface area contributed by atoms with Gasteiger partial charge >= 0.3 is 0 Å². The van der Waals surface area contributed by atoms with Crippen LogP contribution in [0.15, 0.2) is 188 Å². The lowest BCUT2D eigenvalue weighted by Crippen LogP contribution is -2.14. The van der Waals surface area contributed by atoms with Crippen molar-refractivity contribution in [1.29, 1.82) is 0 Å². The third kappa shape index (κ3) is 5.23. The van der Waals surface area contributed by atoms with Crippen molar-refractivity contribution < 1.29 is 0 Å². The molecular formula is C54H37N3. The fourth-order valence-corrected chi connectivity index (χ4v) is 9.23. The summed E-state index contributed by atoms with van der Waals surface area (Å²) in [5.74, 6) is 1.94. The molecule has 0 saturated heterocycles. The molecule has 0 N–H and O–H groups in total. The summed E-state index contributed by atoms with van der Waals surface area (Å²) in [6, 6.07) is 67.2. The van der Waals surface area contributed by atoms with Crippen molar-refractivity contribution in [1.82, 2.24) is 15.0 Å². The van der Waals surface area contributed by atoms with E-state index in [9.17, 15) is 0 Å². The third-order valence-electron chi connectivity index (χ3n) is 11.9. The molecule has 0 atom stereocenters. The molecule has 1 heterocycles. The first-order chi connectivity index (χ1) is 28.0. The molecule has 1 aliphatic rings. The number of rotatable bonds is 5. The van der Waals surface area contributed by atoms with Crippen LogP contribution in [0.25, 0.3) is 99.9 Å². The number of hydrogen-bond acceptors (Lipinski definition) is 3. The maximum Gasteiger partial charge on any atom is 0.164 e. The van der Waals surface area contributed by atoms with Crippen LogP contribution in [0.1, 0.15) is 25.0 Å². The quantitative estimate of drug-likeness (QED) is 0.131. The standard InChI is InChI=1S/C54H37N3/c1-54(2)47-29-15-14-27-44(47)50-45(28-16-30-48(50)54)53-56-51(42-25-12-10-21-37(42)34-17-4-3-5-18-34)55-52(57-53)43-26-13-11-24-40(43)49-39-23-9-7-20-36(39)33-46-38-22-8-6-19-35(38)31-32-41(46)49/h3-33H,1-2H3. The van der Waals surface area contributed by atoms with Gasteiger partial charge < -0.3 is 0 Å². The Bertz CT molecular complexity index is 3220. The fourth-order valence-electron chi connectivity index (χ4n) is 9.23. The average molecular weight is 728 g/mol. The number of nitrogens with zero attached hydrogens (tertiary/aromatic N) is 3. The summed E-state index contributed by atoms with van der Waals surface area (Å²) in [4.78, 5) is 16.3. The first-order valence-corrected chi connectivity index (χ1v) is 19.6. The molecule has 0 fully saturated rings. The van der Waals surface area contributed by atoms with Gasteiger partial charge in [0.15, 0.2) is 17.5 Å². The van der Waals surface area contributed by atoms with E-state index >= 15 is 0 Å². The number of fused-ring (bicyclic) bond motifs is 7. The number of aromatic nitrogens is 3. The highest BCUT2D eigenvalue weighted by Crippen LogP contribution is 2.52. The Morgan fingerprint density at radius 3 is 1.60 bits per heavy atom. The lowest BCUT2D eigenvalue weighted by Gasteiger charge is -2.21. The molecule has 57 heavy (non-hydrogen) atoms. The van der Waals surface area contributed by atoms with E-state index in [0.717, 1.165) is 33.4 Å². The third-order valence-corrected chi connectivity index (χ3v) is 11.9. The molecule has 0 bridgehead atoms. The smallest absolute Gasteiger partial charge is 0.164 e. The van der Waals surface area contributed by atoms with Crippen LogP contribution in [-0.4, -0.2) is 15.0 Å². The highest BCUT2D eigenvalue weighted by molar-refractivity contribution is 6.21. The minimum atomic E-state index is -0.160. The minimum Gasteiger partial charge on any atom is -0.208 e. The van der Waals surface area contributed by atoms with Gasteiger partial charge in [-0.3, -0.25) is 0 Å². The highest BCUT2D eigenvalue weighted by Gasteiger charge is 2.37. The molecule has 0 spiro atoms. The van der Waals surface area contributed by atoms with Crippen LogP contribution in [0.3, 0.4) is 0 Å². The van der Waals surface area contributed by atoms with E-state index in [4.69, 9.17) is 15.0 Å². The SMILES string of the molecule is CC1(C)c2ccccc2-c2c(-c3nc(-c4ccccc4-c4ccccc4)nc(-c4ccccc4-c4c5ccccc5cc5c4ccc4ccccc45)n3)cccc21. The molecule has 3 heteroatoms. The van der Waals surface area contributed by atoms with E-state index < -0.39 is 0 Å². The molecule has 9 aromatic carbocycles. The maximum atomic E-state index is 5.47. The number of hydrogen-bond donors (Lipinski definition) is 0. The molecule has 0 amide bonds. The molecule has 10 aromatic rings. The van der Waals surface area contributed by atoms with Gasteiger partial charge in [-0.15, -0.1) is 0 Å². The maximum absolute atomic E-state index is 5.47. The summed E-state index contributed by atoms with van der Waals surface area (Å²) in [6.07, 6.45) is 0. The molecule has 1 aliphatic carbocycles. The zero-order chi connectivity index (χ0) is 38.1. The van der Waals surface area contributed by atoms with Gasteiger partial charge in [0.1, 0.15) is 0 Å². The summed E-state index contributed by atoms with van der Waals surface area (Å²) in [5.41, 5.74) is 12.2. The van der Waals surface area contributed by atoms with Gasteiger partial charge in [0.05, 0.1) is 0 Å². The molecule has 0 unspecified atom stereocenters. The molecule has 0 saturated carbocycles. The zero-order valence-electron chi connectivity index (χ0n) is 31.7. The summed E-state index contributed by atoms with van der Waals surface area (Å²) in [5, 5.41) is 7.28. The van der Waals surface area contributed by atoms with Gasteiger partial charge in [-0.1, -0.05) is 196 Å². The van der Waals surface area contributed by atoms with Crippen molar-refractivity contribution in [3.63, 3.8) is 0 Å². The Morgan fingerprint density at radius 2 is 0.842 bits per heavy atom. The zero-order valence-corrected chi connectivity index (χ0v) is 31.7. The molecule has 1 aromatic heterocycles. The lowest BCUT2D eigenvalue weighted by atomic mass is 9.82. The van der Waals surface area contributed by atoms with Gasteiger partial charge in [-0.2, -0.15) is 0 Å². The summed E-state index contributed by atoms with van der Waals surface area (Å²) >= 11 is 0. The van der Waals surface area contributed by atoms with Crippen molar-refractivity contribution in [3.05, 3.63) is 199 Å². The predicted molar refractivity (Wildman–Crippen MR) is 237 cm³/mol. The molecular weight excluding hydrogens is 691 g/mol. The van der Waals surface area contributed by atoms with E-state index in [1.165, 1.54) is 60.1 Å². The molecule has 11 rings (SSSR count). The second-order valence-electron chi connectivity index (χ2n) is 15.5. The highest BCUT2D eigenvalue weighted by atomic mass is 15.0. The summed E-state index contributed by atoms with van der Waals surface area (Å²) in [7, 11) is 0. The van der Waals surface area contributed by atoms with Crippen LogP contribution in [0.5, 0.6) is 0 Å². The average Bonchev–Trinajstić information content (AvgIpc) is 3.51. The van der Waals surface area contributed by atoms with Crippen LogP contribution in [0.2, 0.25) is 0 Å². The molecule has 0 aliphatic heterocycles. The van der Waals surface area contributed by atoms with Crippen LogP contribution in [0.4, 0.5) is 0 Å². The van der Waals surface area contributed by atoms with Crippen molar-refractivity contribution in [2.45, 2.75) is 19.3 Å². The first kappa shape index (κ1) is 33.1. The molecule has 0 radical (unpaired) electrons. The van der Waals surface area contributed by atoms with Gasteiger partial charge in [0, 0.05) is 22.1 Å². The minimum absolute atomic E-state index is 0.160. The van der Waals surface area contributed by atoms with E-state index in [2.05, 4.69) is 202 Å². The van der Waals surface area contributed by atoms with Gasteiger partial charge in [-0.25, -0.2) is 15.0 Å². The fraction of sp³-hybridized carbons (Fsp3) is 0.0556. The normalized spacial score (nSPS) is 12.9. The first-order valence-electron chi connectivity index (χ1n) is 19.6. The van der Waals surface area contributed by atoms with Gasteiger partial charge in [-0.05, 0) is 82.9 Å². The predicted octanol–water partition coefficient (Wildman–Crippen LogP) is 14.0. The van der Waals surface area contributed by atoms with E-state index in [-0.39, 0.29) is 5.41 Å². The Hall–Kier alpha value is -7.23. The van der Waals surface area contributed by atoms with E-state index in [1.54, 1.807) is 0 Å². The Kier molecular flexibility index (Phi) is 7.52. The van der Waals surface area contributed by atoms with E-state index in [1.807, 2.05) is 0 Å². The Morgan fingerprint density at radius 1 is 0.316 bits per heavy atom. The van der Waals surface area contributed by atoms with Crippen LogP contribution in [0, 0.1) is 0 Å².